The molecule has 0 atom stereocenters. The fourth-order valence-electron chi connectivity index (χ4n) is 0.317. The second kappa shape index (κ2) is 1.54. The van der Waals surface area contributed by atoms with Gasteiger partial charge in [-0.3, -0.25) is 14.9 Å². The fraction of sp³-hybridized carbons (Fsp3) is 0.333. The van der Waals surface area contributed by atoms with Crippen molar-refractivity contribution in [1.82, 2.24) is 5.32 Å². The molecule has 0 aromatic carbocycles. The van der Waals surface area contributed by atoms with Crippen LogP contribution in [0.4, 0.5) is 4.79 Å². The van der Waals surface area contributed by atoms with Gasteiger partial charge < -0.3 is 0 Å². The van der Waals surface area contributed by atoms with Crippen LogP contribution in [0.5, 0.6) is 0 Å². The Labute approximate surface area is 45.9 Å². The summed E-state index contributed by atoms with van der Waals surface area (Å²) in [7, 11) is 0. The van der Waals surface area contributed by atoms with E-state index in [9.17, 15) is 9.59 Å². The Morgan fingerprint density at radius 1 is 1.71 bits per heavy atom. The van der Waals surface area contributed by atoms with Crippen molar-refractivity contribution in [3.63, 3.8) is 0 Å². The van der Waals surface area contributed by atoms with Crippen LogP contribution in [0, 0.1) is 0 Å². The Bertz CT molecular complexity index is 112. The van der Waals surface area contributed by atoms with Crippen LogP contribution in [-0.2, 0) is 4.79 Å². The molecule has 1 aliphatic rings. The maximum atomic E-state index is 10.1. The van der Waals surface area contributed by atoms with Crippen LogP contribution < -0.4 is 5.32 Å². The number of carbonyl (C=O) groups is 2. The molecule has 1 heterocycles. The first kappa shape index (κ1) is 4.64. The number of carbonyl (C=O) groups excluding carboxylic acids is 2. The van der Waals surface area contributed by atoms with Crippen molar-refractivity contribution in [3.8, 4) is 0 Å². The number of thioether (sulfide) groups is 1. The summed E-state index contributed by atoms with van der Waals surface area (Å²) < 4.78 is 0. The van der Waals surface area contributed by atoms with E-state index >= 15 is 0 Å². The molecule has 3 nitrogen and oxygen atoms in total. The van der Waals surface area contributed by atoms with Gasteiger partial charge in [-0.15, -0.1) is 0 Å². The number of hydrogen-bond donors (Lipinski definition) is 1. The predicted molar refractivity (Wildman–Crippen MR) is 28.1 cm³/mol. The van der Waals surface area contributed by atoms with Gasteiger partial charge in [0, 0.05) is 1.43 Å². The molecule has 1 fully saturated rings. The van der Waals surface area contributed by atoms with Crippen molar-refractivity contribution in [3.05, 3.63) is 0 Å². The number of rotatable bonds is 0. The third-order valence-electron chi connectivity index (χ3n) is 0.576. The lowest BCUT2D eigenvalue weighted by Crippen LogP contribution is -2.18. The van der Waals surface area contributed by atoms with E-state index < -0.39 is 0 Å². The maximum absolute atomic E-state index is 10.1. The predicted octanol–water partition coefficient (Wildman–Crippen LogP) is 0.215. The third kappa shape index (κ3) is 0.928. The van der Waals surface area contributed by atoms with E-state index in [0.29, 0.717) is 5.75 Å². The zero-order valence-electron chi connectivity index (χ0n) is 3.43. The highest BCUT2D eigenvalue weighted by atomic mass is 32.2. The summed E-state index contributed by atoms with van der Waals surface area (Å²) in [5.41, 5.74) is 0. The smallest absolute Gasteiger partial charge is 0.286 e. The molecule has 1 aliphatic heterocycles. The maximum Gasteiger partial charge on any atom is 0.286 e. The van der Waals surface area contributed by atoms with Gasteiger partial charge >= 0.3 is 0 Å². The summed E-state index contributed by atoms with van der Waals surface area (Å²) in [5.74, 6) is 0.105. The van der Waals surface area contributed by atoms with Crippen LogP contribution >= 0.6 is 11.8 Å². The molecule has 1 N–H and O–H groups in total. The number of imide groups is 1. The van der Waals surface area contributed by atoms with Crippen molar-refractivity contribution in [2.24, 2.45) is 0 Å². The van der Waals surface area contributed by atoms with E-state index in [1.165, 1.54) is 0 Å². The Morgan fingerprint density at radius 2 is 2.43 bits per heavy atom. The van der Waals surface area contributed by atoms with Gasteiger partial charge in [-0.2, -0.15) is 0 Å². The molecule has 0 unspecified atom stereocenters. The second-order valence-electron chi connectivity index (χ2n) is 1.12. The molecule has 40 valence electrons. The normalized spacial score (nSPS) is 20.0. The highest BCUT2D eigenvalue weighted by molar-refractivity contribution is 8.14. The summed E-state index contributed by atoms with van der Waals surface area (Å²) in [4.78, 5) is 20.2. The topological polar surface area (TPSA) is 46.2 Å². The molecule has 0 radical (unpaired) electrons. The molecule has 4 heteroatoms. The summed E-state index contributed by atoms with van der Waals surface area (Å²) in [6, 6.07) is 0. The van der Waals surface area contributed by atoms with Gasteiger partial charge in [0.25, 0.3) is 5.24 Å². The molecule has 0 spiro atoms. The lowest BCUT2D eigenvalue weighted by atomic mass is 10.7. The summed E-state index contributed by atoms with van der Waals surface area (Å²) in [6.07, 6.45) is 0. The van der Waals surface area contributed by atoms with Gasteiger partial charge in [0.15, 0.2) is 0 Å². The van der Waals surface area contributed by atoms with Crippen LogP contribution in [0.1, 0.15) is 1.43 Å². The summed E-state index contributed by atoms with van der Waals surface area (Å²) in [6.45, 7) is 0. The first-order chi connectivity index (χ1) is 3.29. The molecular weight excluding hydrogens is 114 g/mol. The molecule has 0 bridgehead atoms. The fourth-order valence-corrected chi connectivity index (χ4v) is 0.837. The largest absolute Gasteiger partial charge is 0.286 e. The van der Waals surface area contributed by atoms with Gasteiger partial charge in [0.1, 0.15) is 0 Å². The number of nitrogens with one attached hydrogen (secondary N) is 1. The first-order valence-electron chi connectivity index (χ1n) is 1.75. The summed E-state index contributed by atoms with van der Waals surface area (Å²) in [5, 5.41) is 1.87. The monoisotopic (exact) mass is 119 g/mol. The van der Waals surface area contributed by atoms with Crippen molar-refractivity contribution < 1.29 is 11.0 Å². The van der Waals surface area contributed by atoms with Crippen molar-refractivity contribution in [2.75, 3.05) is 5.75 Å². The lowest BCUT2D eigenvalue weighted by Gasteiger charge is -1.77. The van der Waals surface area contributed by atoms with E-state index in [2.05, 4.69) is 5.32 Å². The molecule has 2 amide bonds. The number of amides is 2. The van der Waals surface area contributed by atoms with Crippen LogP contribution in [0.2, 0.25) is 0 Å². The van der Waals surface area contributed by atoms with Gasteiger partial charge in [-0.05, 0) is 0 Å². The van der Waals surface area contributed by atoms with Gasteiger partial charge in [-0.1, -0.05) is 11.8 Å². The summed E-state index contributed by atoms with van der Waals surface area (Å²) >= 11 is 1.01. The van der Waals surface area contributed by atoms with Gasteiger partial charge in [0.05, 0.1) is 5.75 Å². The minimum atomic E-state index is -0.231. The SMILES string of the molecule is O=C1CSC(=O)N1.[HH]. The van der Waals surface area contributed by atoms with E-state index in [-0.39, 0.29) is 12.6 Å². The average Bonchev–Trinajstić information content (AvgIpc) is 1.87. The van der Waals surface area contributed by atoms with Crippen molar-refractivity contribution in [2.45, 2.75) is 0 Å². The second-order valence-corrected chi connectivity index (χ2v) is 2.07. The van der Waals surface area contributed by atoms with E-state index in [4.69, 9.17) is 0 Å². The average molecular weight is 119 g/mol. The minimum Gasteiger partial charge on any atom is -0.286 e. The zero-order valence-corrected chi connectivity index (χ0v) is 4.25. The van der Waals surface area contributed by atoms with Gasteiger partial charge in [-0.25, -0.2) is 0 Å². The molecule has 0 saturated carbocycles. The molecule has 0 aromatic heterocycles. The first-order valence-corrected chi connectivity index (χ1v) is 2.74. The van der Waals surface area contributed by atoms with Crippen molar-refractivity contribution >= 4 is 22.9 Å². The minimum absolute atomic E-state index is 0. The standard InChI is InChI=1S/C3H3NO2S.H2/c5-2-1-7-3(6)4-2;/h1H2,(H,4,5,6);1H. The molecule has 0 aliphatic carbocycles. The van der Waals surface area contributed by atoms with Gasteiger partial charge in [0.2, 0.25) is 5.91 Å². The van der Waals surface area contributed by atoms with E-state index in [0.717, 1.165) is 11.8 Å². The Balaban J connectivity index is 0.000000490. The molecule has 0 aromatic rings. The Kier molecular flexibility index (Phi) is 1.02. The Morgan fingerprint density at radius 3 is 2.57 bits per heavy atom. The van der Waals surface area contributed by atoms with E-state index in [1.54, 1.807) is 0 Å². The Hall–Kier alpha value is -0.510. The lowest BCUT2D eigenvalue weighted by molar-refractivity contribution is -0.117. The van der Waals surface area contributed by atoms with Crippen molar-refractivity contribution in [1.29, 1.82) is 0 Å². The molecule has 7 heavy (non-hydrogen) atoms. The van der Waals surface area contributed by atoms with Crippen LogP contribution in [0.3, 0.4) is 0 Å². The third-order valence-corrected chi connectivity index (χ3v) is 1.35. The molecule has 1 rings (SSSR count). The van der Waals surface area contributed by atoms with E-state index in [1.807, 2.05) is 0 Å². The molecular formula is C3H5NO2S. The highest BCUT2D eigenvalue weighted by Gasteiger charge is 2.16. The number of hydrogen-bond acceptors (Lipinski definition) is 3. The zero-order chi connectivity index (χ0) is 5.28. The van der Waals surface area contributed by atoms with Crippen LogP contribution in [0.25, 0.3) is 0 Å². The molecule has 1 saturated heterocycles. The van der Waals surface area contributed by atoms with Crippen LogP contribution in [-0.4, -0.2) is 16.9 Å². The van der Waals surface area contributed by atoms with Crippen LogP contribution in [0.15, 0.2) is 0 Å². The quantitative estimate of drug-likeness (QED) is 0.496. The highest BCUT2D eigenvalue weighted by Crippen LogP contribution is 2.06.